The molecule has 0 aliphatic heterocycles. The van der Waals surface area contributed by atoms with Crippen molar-refractivity contribution in [2.24, 2.45) is 5.92 Å². The fourth-order valence-corrected chi connectivity index (χ4v) is 2.76. The van der Waals surface area contributed by atoms with Crippen molar-refractivity contribution in [2.75, 3.05) is 13.6 Å². The number of likely N-dealkylation sites (N-methyl/N-ethyl adjacent to an activating group) is 1. The minimum Gasteiger partial charge on any atom is -0.333 e. The van der Waals surface area contributed by atoms with Gasteiger partial charge >= 0.3 is 0 Å². The van der Waals surface area contributed by atoms with Crippen molar-refractivity contribution in [3.8, 4) is 6.07 Å². The standard InChI is InChI=1S/C16H20ClN3O/c1-16(11-18,13-6-7-13)19-15(21)10-20(2)9-12-4-3-5-14(17)8-12/h3-5,8,13H,6-7,9-10H2,1-2H3,(H,19,21)/p+1/t16-/m0/s1. The fraction of sp³-hybridized carbons (Fsp3) is 0.500. The second-order valence-corrected chi connectivity index (χ2v) is 6.51. The van der Waals surface area contributed by atoms with Crippen LogP contribution in [0.1, 0.15) is 25.3 Å². The largest absolute Gasteiger partial charge is 0.333 e. The molecule has 2 atom stereocenters. The molecule has 0 saturated heterocycles. The van der Waals surface area contributed by atoms with Crippen LogP contribution in [0.3, 0.4) is 0 Å². The van der Waals surface area contributed by atoms with Gasteiger partial charge in [-0.05, 0) is 37.8 Å². The number of amides is 1. The molecule has 1 unspecified atom stereocenters. The van der Waals surface area contributed by atoms with E-state index in [4.69, 9.17) is 11.6 Å². The van der Waals surface area contributed by atoms with E-state index in [2.05, 4.69) is 11.4 Å². The van der Waals surface area contributed by atoms with Gasteiger partial charge in [-0.1, -0.05) is 23.7 Å². The molecule has 0 spiro atoms. The minimum atomic E-state index is -0.715. The van der Waals surface area contributed by atoms with Crippen LogP contribution in [0.15, 0.2) is 24.3 Å². The van der Waals surface area contributed by atoms with Crippen LogP contribution >= 0.6 is 11.6 Å². The highest BCUT2D eigenvalue weighted by Crippen LogP contribution is 2.39. The van der Waals surface area contributed by atoms with Crippen molar-refractivity contribution in [2.45, 2.75) is 31.8 Å². The van der Waals surface area contributed by atoms with E-state index >= 15 is 0 Å². The van der Waals surface area contributed by atoms with E-state index in [9.17, 15) is 10.1 Å². The highest BCUT2D eigenvalue weighted by Gasteiger charge is 2.43. The van der Waals surface area contributed by atoms with Crippen LogP contribution in [0, 0.1) is 17.2 Å². The third-order valence-corrected chi connectivity index (χ3v) is 4.12. The number of benzene rings is 1. The first-order valence-electron chi connectivity index (χ1n) is 7.21. The second kappa shape index (κ2) is 6.46. The second-order valence-electron chi connectivity index (χ2n) is 6.08. The summed E-state index contributed by atoms with van der Waals surface area (Å²) in [5, 5.41) is 12.8. The Labute approximate surface area is 130 Å². The summed E-state index contributed by atoms with van der Waals surface area (Å²) in [6, 6.07) is 9.89. The Balaban J connectivity index is 1.86. The average molecular weight is 307 g/mol. The fourth-order valence-electron chi connectivity index (χ4n) is 2.55. The summed E-state index contributed by atoms with van der Waals surface area (Å²) < 4.78 is 0. The molecule has 0 bridgehead atoms. The highest BCUT2D eigenvalue weighted by atomic mass is 35.5. The highest BCUT2D eigenvalue weighted by molar-refractivity contribution is 6.30. The van der Waals surface area contributed by atoms with E-state index in [1.807, 2.05) is 38.2 Å². The lowest BCUT2D eigenvalue weighted by atomic mass is 9.98. The Hall–Kier alpha value is -1.57. The molecule has 1 aromatic rings. The molecule has 1 amide bonds. The predicted octanol–water partition coefficient (Wildman–Crippen LogP) is 1.16. The predicted molar refractivity (Wildman–Crippen MR) is 81.8 cm³/mol. The number of hydrogen-bond acceptors (Lipinski definition) is 2. The molecule has 21 heavy (non-hydrogen) atoms. The summed E-state index contributed by atoms with van der Waals surface area (Å²) in [4.78, 5) is 13.2. The molecule has 1 aromatic carbocycles. The Bertz CT molecular complexity index is 565. The monoisotopic (exact) mass is 306 g/mol. The van der Waals surface area contributed by atoms with Crippen LogP contribution in [0.5, 0.6) is 0 Å². The molecule has 2 rings (SSSR count). The van der Waals surface area contributed by atoms with Gasteiger partial charge in [-0.3, -0.25) is 4.79 Å². The third-order valence-electron chi connectivity index (χ3n) is 3.88. The molecule has 0 radical (unpaired) electrons. The summed E-state index contributed by atoms with van der Waals surface area (Å²) in [5.74, 6) is 0.227. The van der Waals surface area contributed by atoms with Crippen molar-refractivity contribution >= 4 is 17.5 Å². The van der Waals surface area contributed by atoms with E-state index in [1.165, 1.54) is 0 Å². The normalized spacial score (nSPS) is 18.4. The molecule has 1 aliphatic rings. The van der Waals surface area contributed by atoms with Gasteiger partial charge in [0.1, 0.15) is 12.1 Å². The number of nitrogens with zero attached hydrogens (tertiary/aromatic N) is 1. The zero-order valence-electron chi connectivity index (χ0n) is 12.4. The molecule has 112 valence electrons. The van der Waals surface area contributed by atoms with Gasteiger partial charge in [0.2, 0.25) is 0 Å². The maximum Gasteiger partial charge on any atom is 0.276 e. The zero-order chi connectivity index (χ0) is 15.5. The molecule has 2 N–H and O–H groups in total. The number of quaternary nitrogens is 1. The molecular formula is C16H21ClN3O+. The number of rotatable bonds is 6. The van der Waals surface area contributed by atoms with Crippen LogP contribution in [0.25, 0.3) is 0 Å². The number of nitriles is 1. The van der Waals surface area contributed by atoms with Crippen LogP contribution < -0.4 is 10.2 Å². The molecular weight excluding hydrogens is 286 g/mol. The Morgan fingerprint density at radius 1 is 1.57 bits per heavy atom. The molecule has 0 aromatic heterocycles. The van der Waals surface area contributed by atoms with Crippen molar-refractivity contribution in [3.63, 3.8) is 0 Å². The minimum absolute atomic E-state index is 0.0783. The summed E-state index contributed by atoms with van der Waals surface area (Å²) in [6.07, 6.45) is 2.05. The smallest absolute Gasteiger partial charge is 0.276 e. The first kappa shape index (κ1) is 15.8. The van der Waals surface area contributed by atoms with Gasteiger partial charge in [0.15, 0.2) is 6.54 Å². The molecule has 0 heterocycles. The Kier molecular flexibility index (Phi) is 4.87. The Morgan fingerprint density at radius 3 is 2.86 bits per heavy atom. The van der Waals surface area contributed by atoms with Crippen LogP contribution in [0.4, 0.5) is 0 Å². The lowest BCUT2D eigenvalue weighted by Crippen LogP contribution is -3.09. The summed E-state index contributed by atoms with van der Waals surface area (Å²) in [7, 11) is 1.96. The van der Waals surface area contributed by atoms with Gasteiger partial charge in [0.25, 0.3) is 5.91 Å². The SMILES string of the molecule is C[NH+](CC(=O)N[C@@](C)(C#N)C1CC1)Cc1cccc(Cl)c1. The van der Waals surface area contributed by atoms with Gasteiger partial charge in [0, 0.05) is 10.6 Å². The average Bonchev–Trinajstić information content (AvgIpc) is 3.22. The molecule has 5 heteroatoms. The molecule has 1 fully saturated rings. The van der Waals surface area contributed by atoms with Gasteiger partial charge < -0.3 is 10.2 Å². The van der Waals surface area contributed by atoms with E-state index in [1.54, 1.807) is 0 Å². The number of halogens is 1. The van der Waals surface area contributed by atoms with Crippen molar-refractivity contribution in [3.05, 3.63) is 34.9 Å². The van der Waals surface area contributed by atoms with Gasteiger partial charge in [-0.15, -0.1) is 0 Å². The van der Waals surface area contributed by atoms with E-state index in [-0.39, 0.29) is 5.91 Å². The maximum atomic E-state index is 12.1. The van der Waals surface area contributed by atoms with Crippen molar-refractivity contribution < 1.29 is 9.69 Å². The van der Waals surface area contributed by atoms with Gasteiger partial charge in [-0.2, -0.15) is 5.26 Å². The summed E-state index contributed by atoms with van der Waals surface area (Å²) in [6.45, 7) is 2.88. The van der Waals surface area contributed by atoms with Crippen molar-refractivity contribution in [1.29, 1.82) is 5.26 Å². The van der Waals surface area contributed by atoms with E-state index < -0.39 is 5.54 Å². The first-order chi connectivity index (χ1) is 9.93. The maximum absolute atomic E-state index is 12.1. The first-order valence-corrected chi connectivity index (χ1v) is 7.59. The molecule has 4 nitrogen and oxygen atoms in total. The summed E-state index contributed by atoms with van der Waals surface area (Å²) >= 11 is 5.96. The van der Waals surface area contributed by atoms with Crippen LogP contribution in [-0.2, 0) is 11.3 Å². The quantitative estimate of drug-likeness (QED) is 0.829. The van der Waals surface area contributed by atoms with E-state index in [0.29, 0.717) is 17.5 Å². The van der Waals surface area contributed by atoms with Crippen molar-refractivity contribution in [1.82, 2.24) is 5.32 Å². The third kappa shape index (κ3) is 4.45. The van der Waals surface area contributed by atoms with Gasteiger partial charge in [-0.25, -0.2) is 0 Å². The zero-order valence-corrected chi connectivity index (χ0v) is 13.2. The number of nitrogens with one attached hydrogen (secondary N) is 2. The van der Waals surface area contributed by atoms with Crippen LogP contribution in [0.2, 0.25) is 5.02 Å². The van der Waals surface area contributed by atoms with Crippen LogP contribution in [-0.4, -0.2) is 25.0 Å². The lowest BCUT2D eigenvalue weighted by Gasteiger charge is -2.23. The topological polar surface area (TPSA) is 57.3 Å². The summed E-state index contributed by atoms with van der Waals surface area (Å²) in [5.41, 5.74) is 0.381. The van der Waals surface area contributed by atoms with Gasteiger partial charge in [0.05, 0.1) is 13.1 Å². The van der Waals surface area contributed by atoms with E-state index in [0.717, 1.165) is 29.8 Å². The number of carbonyl (C=O) groups excluding carboxylic acids is 1. The molecule has 1 saturated carbocycles. The number of hydrogen-bond donors (Lipinski definition) is 2. The Morgan fingerprint density at radius 2 is 2.29 bits per heavy atom. The lowest BCUT2D eigenvalue weighted by molar-refractivity contribution is -0.885. The molecule has 1 aliphatic carbocycles. The number of carbonyl (C=O) groups is 1.